The Balaban J connectivity index is 2.03. The fraction of sp³-hybridized carbons (Fsp3) is 0.111. The molecule has 24 heavy (non-hydrogen) atoms. The van der Waals surface area contributed by atoms with Crippen molar-refractivity contribution >= 4 is 20.7 Å². The van der Waals surface area contributed by atoms with Crippen LogP contribution < -0.4 is 4.74 Å². The zero-order valence-electron chi connectivity index (χ0n) is 12.9. The highest BCUT2D eigenvalue weighted by Gasteiger charge is 2.21. The number of nitriles is 1. The maximum Gasteiger partial charge on any atom is 0.186 e. The second-order valence-corrected chi connectivity index (χ2v) is 7.23. The predicted molar refractivity (Wildman–Crippen MR) is 90.3 cm³/mol. The van der Waals surface area contributed by atoms with Gasteiger partial charge in [-0.2, -0.15) is 5.26 Å². The highest BCUT2D eigenvalue weighted by molar-refractivity contribution is 7.90. The van der Waals surface area contributed by atoms with Crippen LogP contribution in [-0.2, 0) is 15.6 Å². The van der Waals surface area contributed by atoms with Gasteiger partial charge in [0, 0.05) is 11.6 Å². The number of aromatic nitrogens is 1. The summed E-state index contributed by atoms with van der Waals surface area (Å²) < 4.78 is 30.7. The fourth-order valence-electron chi connectivity index (χ4n) is 2.48. The molecule has 1 heterocycles. The molecule has 3 rings (SSSR count). The van der Waals surface area contributed by atoms with E-state index in [2.05, 4.69) is 4.98 Å². The van der Waals surface area contributed by atoms with Crippen LogP contribution in [0.25, 0.3) is 10.9 Å². The molecule has 0 aliphatic heterocycles. The van der Waals surface area contributed by atoms with Gasteiger partial charge in [0.1, 0.15) is 10.6 Å². The first kappa shape index (κ1) is 16.0. The number of para-hydroxylation sites is 1. The molecule has 120 valence electrons. The van der Waals surface area contributed by atoms with Crippen molar-refractivity contribution in [2.75, 3.05) is 7.11 Å². The molecule has 0 fully saturated rings. The fourth-order valence-corrected chi connectivity index (χ4v) is 4.00. The van der Waals surface area contributed by atoms with Crippen molar-refractivity contribution in [3.8, 4) is 11.8 Å². The van der Waals surface area contributed by atoms with E-state index < -0.39 is 9.84 Å². The van der Waals surface area contributed by atoms with Gasteiger partial charge < -0.3 is 4.74 Å². The molecule has 0 N–H and O–H groups in total. The van der Waals surface area contributed by atoms with Crippen molar-refractivity contribution in [1.29, 1.82) is 5.26 Å². The Morgan fingerprint density at radius 2 is 1.96 bits per heavy atom. The first-order valence-corrected chi connectivity index (χ1v) is 8.83. The molecule has 0 unspecified atom stereocenters. The van der Waals surface area contributed by atoms with Crippen LogP contribution in [0.15, 0.2) is 59.6 Å². The Labute approximate surface area is 140 Å². The summed E-state index contributed by atoms with van der Waals surface area (Å²) in [4.78, 5) is 4.30. The molecule has 0 aliphatic carbocycles. The monoisotopic (exact) mass is 338 g/mol. The van der Waals surface area contributed by atoms with Crippen molar-refractivity contribution < 1.29 is 13.2 Å². The van der Waals surface area contributed by atoms with Crippen LogP contribution in [0.5, 0.6) is 5.75 Å². The van der Waals surface area contributed by atoms with Gasteiger partial charge in [-0.1, -0.05) is 18.2 Å². The lowest BCUT2D eigenvalue weighted by molar-refractivity contribution is 0.402. The molecule has 3 aromatic rings. The summed E-state index contributed by atoms with van der Waals surface area (Å²) in [6.07, 6.45) is 1.56. The summed E-state index contributed by atoms with van der Waals surface area (Å²) >= 11 is 0. The lowest BCUT2D eigenvalue weighted by Gasteiger charge is -2.10. The Hall–Kier alpha value is -2.91. The highest BCUT2D eigenvalue weighted by Crippen LogP contribution is 2.28. The van der Waals surface area contributed by atoms with Crippen LogP contribution in [0.1, 0.15) is 11.1 Å². The van der Waals surface area contributed by atoms with Crippen molar-refractivity contribution in [2.24, 2.45) is 0 Å². The standard InChI is InChI=1S/C18H14N2O3S/c1-23-17-7-6-13(10-19)9-18(17)24(21,22)12-14-8-15-4-2-3-5-16(15)20-11-14/h2-9,11H,12H2,1H3. The van der Waals surface area contributed by atoms with Gasteiger partial charge in [0.05, 0.1) is 30.0 Å². The number of sulfone groups is 1. The number of pyridine rings is 1. The maximum atomic E-state index is 12.8. The van der Waals surface area contributed by atoms with E-state index in [4.69, 9.17) is 10.00 Å². The van der Waals surface area contributed by atoms with E-state index in [1.165, 1.54) is 25.3 Å². The second-order valence-electron chi connectivity index (χ2n) is 5.27. The number of rotatable bonds is 4. The molecular formula is C18H14N2O3S. The third kappa shape index (κ3) is 3.07. The lowest BCUT2D eigenvalue weighted by Crippen LogP contribution is -2.07. The maximum absolute atomic E-state index is 12.8. The van der Waals surface area contributed by atoms with Gasteiger partial charge in [0.25, 0.3) is 0 Å². The van der Waals surface area contributed by atoms with Crippen LogP contribution >= 0.6 is 0 Å². The summed E-state index contributed by atoms with van der Waals surface area (Å²) in [6, 6.07) is 15.6. The zero-order valence-corrected chi connectivity index (χ0v) is 13.7. The first-order chi connectivity index (χ1) is 11.5. The minimum absolute atomic E-state index is 0.0113. The van der Waals surface area contributed by atoms with Gasteiger partial charge >= 0.3 is 0 Å². The van der Waals surface area contributed by atoms with E-state index in [-0.39, 0.29) is 22.0 Å². The molecule has 2 aromatic carbocycles. The summed E-state index contributed by atoms with van der Waals surface area (Å²) in [5.74, 6) is 0.0125. The van der Waals surface area contributed by atoms with E-state index in [1.807, 2.05) is 30.3 Å². The average Bonchev–Trinajstić information content (AvgIpc) is 2.60. The SMILES string of the molecule is COc1ccc(C#N)cc1S(=O)(=O)Cc1cnc2ccccc2c1. The van der Waals surface area contributed by atoms with Crippen molar-refractivity contribution in [3.63, 3.8) is 0 Å². The number of hydrogen-bond donors (Lipinski definition) is 0. The molecule has 6 heteroatoms. The topological polar surface area (TPSA) is 80.0 Å². The second kappa shape index (κ2) is 6.30. The van der Waals surface area contributed by atoms with Gasteiger partial charge in [-0.3, -0.25) is 4.98 Å². The quantitative estimate of drug-likeness (QED) is 0.730. The molecule has 0 bridgehead atoms. The largest absolute Gasteiger partial charge is 0.495 e. The van der Waals surface area contributed by atoms with Gasteiger partial charge in [0.15, 0.2) is 9.84 Å². The molecule has 1 aromatic heterocycles. The van der Waals surface area contributed by atoms with Gasteiger partial charge in [-0.25, -0.2) is 8.42 Å². The van der Waals surface area contributed by atoms with Gasteiger partial charge in [-0.15, -0.1) is 0 Å². The number of hydrogen-bond acceptors (Lipinski definition) is 5. The van der Waals surface area contributed by atoms with Crippen molar-refractivity contribution in [3.05, 3.63) is 65.9 Å². The molecule has 0 amide bonds. The number of methoxy groups -OCH3 is 1. The van der Waals surface area contributed by atoms with Crippen LogP contribution in [-0.4, -0.2) is 20.5 Å². The molecule has 0 spiro atoms. The Bertz CT molecular complexity index is 1050. The summed E-state index contributed by atoms with van der Waals surface area (Å²) in [6.45, 7) is 0. The average molecular weight is 338 g/mol. The Morgan fingerprint density at radius 1 is 1.17 bits per heavy atom. The molecule has 0 aliphatic rings. The van der Waals surface area contributed by atoms with Crippen LogP contribution in [0.4, 0.5) is 0 Å². The van der Waals surface area contributed by atoms with E-state index in [9.17, 15) is 8.42 Å². The minimum Gasteiger partial charge on any atom is -0.495 e. The summed E-state index contributed by atoms with van der Waals surface area (Å²) in [7, 11) is -2.27. The normalized spacial score (nSPS) is 11.2. The van der Waals surface area contributed by atoms with E-state index in [1.54, 1.807) is 12.3 Å². The van der Waals surface area contributed by atoms with Gasteiger partial charge in [-0.05, 0) is 35.9 Å². The Kier molecular flexibility index (Phi) is 4.19. The molecule has 0 radical (unpaired) electrons. The summed E-state index contributed by atoms with van der Waals surface area (Å²) in [5.41, 5.74) is 1.66. The minimum atomic E-state index is -3.67. The number of ether oxygens (including phenoxy) is 1. The third-order valence-corrected chi connectivity index (χ3v) is 5.33. The number of fused-ring (bicyclic) bond motifs is 1. The van der Waals surface area contributed by atoms with E-state index in [0.29, 0.717) is 5.56 Å². The number of nitrogens with zero attached hydrogens (tertiary/aromatic N) is 2. The molecule has 0 atom stereocenters. The zero-order chi connectivity index (χ0) is 17.2. The smallest absolute Gasteiger partial charge is 0.186 e. The van der Waals surface area contributed by atoms with Crippen LogP contribution in [0.2, 0.25) is 0 Å². The van der Waals surface area contributed by atoms with Crippen molar-refractivity contribution in [2.45, 2.75) is 10.6 Å². The first-order valence-electron chi connectivity index (χ1n) is 7.18. The van der Waals surface area contributed by atoms with Gasteiger partial charge in [0.2, 0.25) is 0 Å². The predicted octanol–water partition coefficient (Wildman–Crippen LogP) is 3.09. The Morgan fingerprint density at radius 3 is 2.71 bits per heavy atom. The van der Waals surface area contributed by atoms with Crippen LogP contribution in [0.3, 0.4) is 0 Å². The lowest BCUT2D eigenvalue weighted by atomic mass is 10.2. The van der Waals surface area contributed by atoms with E-state index in [0.717, 1.165) is 10.9 Å². The highest BCUT2D eigenvalue weighted by atomic mass is 32.2. The van der Waals surface area contributed by atoms with Crippen LogP contribution in [0, 0.1) is 11.3 Å². The molecular weight excluding hydrogens is 324 g/mol. The third-order valence-electron chi connectivity index (χ3n) is 3.63. The van der Waals surface area contributed by atoms with E-state index >= 15 is 0 Å². The molecule has 0 saturated heterocycles. The molecule has 0 saturated carbocycles. The molecule has 5 nitrogen and oxygen atoms in total. The van der Waals surface area contributed by atoms with Crippen molar-refractivity contribution in [1.82, 2.24) is 4.98 Å². The number of benzene rings is 2. The summed E-state index contributed by atoms with van der Waals surface area (Å²) in [5, 5.41) is 9.88.